The first-order valence-electron chi connectivity index (χ1n) is 6.95. The van der Waals surface area contributed by atoms with Gasteiger partial charge in [0.2, 0.25) is 0 Å². The standard InChI is InChI=1S/C14H12F3N3O2/c15-14(16,17)7-2-1-3-8(4-7)20-12(21)11-10-5-9(6-18-10)19(11)13(20)22/h1-4,9-11,18H,5-6H2/t9-,10-,11-/m0/s1. The fourth-order valence-corrected chi connectivity index (χ4v) is 3.59. The molecule has 3 amide bonds. The van der Waals surface area contributed by atoms with Gasteiger partial charge in [-0.25, -0.2) is 9.69 Å². The summed E-state index contributed by atoms with van der Waals surface area (Å²) in [5, 5.41) is 3.16. The van der Waals surface area contributed by atoms with Crippen LogP contribution >= 0.6 is 0 Å². The minimum atomic E-state index is -4.52. The number of carbonyl (C=O) groups is 2. The first-order valence-corrected chi connectivity index (χ1v) is 6.95. The van der Waals surface area contributed by atoms with E-state index in [9.17, 15) is 22.8 Å². The second-order valence-corrected chi connectivity index (χ2v) is 5.76. The number of carbonyl (C=O) groups excluding carboxylic acids is 2. The van der Waals surface area contributed by atoms with Gasteiger partial charge in [-0.2, -0.15) is 13.2 Å². The Bertz CT molecular complexity index is 648. The van der Waals surface area contributed by atoms with Gasteiger partial charge in [0.15, 0.2) is 0 Å². The molecule has 0 radical (unpaired) electrons. The van der Waals surface area contributed by atoms with E-state index in [-0.39, 0.29) is 17.8 Å². The molecule has 4 rings (SSSR count). The zero-order valence-corrected chi connectivity index (χ0v) is 11.3. The molecule has 0 unspecified atom stereocenters. The molecular formula is C14H12F3N3O2. The second kappa shape index (κ2) is 4.22. The Morgan fingerprint density at radius 1 is 1.23 bits per heavy atom. The topological polar surface area (TPSA) is 52.7 Å². The van der Waals surface area contributed by atoms with Gasteiger partial charge in [0, 0.05) is 18.6 Å². The Labute approximate surface area is 123 Å². The van der Waals surface area contributed by atoms with Crippen LogP contribution in [0.25, 0.3) is 0 Å². The van der Waals surface area contributed by atoms with Gasteiger partial charge in [-0.05, 0) is 24.6 Å². The van der Waals surface area contributed by atoms with Crippen LogP contribution in [0.5, 0.6) is 0 Å². The molecule has 3 aliphatic rings. The maximum absolute atomic E-state index is 12.8. The summed E-state index contributed by atoms with van der Waals surface area (Å²) >= 11 is 0. The fraction of sp³-hybridized carbons (Fsp3) is 0.429. The van der Waals surface area contributed by atoms with Crippen LogP contribution in [0.15, 0.2) is 24.3 Å². The van der Waals surface area contributed by atoms with Crippen LogP contribution in [0.3, 0.4) is 0 Å². The minimum absolute atomic E-state index is 0.0291. The quantitative estimate of drug-likeness (QED) is 0.801. The highest BCUT2D eigenvalue weighted by atomic mass is 19.4. The van der Waals surface area contributed by atoms with E-state index < -0.39 is 29.7 Å². The molecule has 3 atom stereocenters. The van der Waals surface area contributed by atoms with Gasteiger partial charge in [0.25, 0.3) is 5.91 Å². The molecule has 2 bridgehead atoms. The number of nitrogens with one attached hydrogen (secondary N) is 1. The van der Waals surface area contributed by atoms with Crippen molar-refractivity contribution < 1.29 is 22.8 Å². The maximum atomic E-state index is 12.8. The van der Waals surface area contributed by atoms with Gasteiger partial charge < -0.3 is 10.2 Å². The van der Waals surface area contributed by atoms with E-state index in [0.29, 0.717) is 6.54 Å². The summed E-state index contributed by atoms with van der Waals surface area (Å²) in [6.45, 7) is 0.622. The molecule has 0 aromatic heterocycles. The molecule has 0 saturated carbocycles. The number of amides is 3. The number of benzene rings is 1. The zero-order chi connectivity index (χ0) is 15.6. The van der Waals surface area contributed by atoms with Crippen LogP contribution in [0, 0.1) is 0 Å². The highest BCUT2D eigenvalue weighted by molar-refractivity contribution is 6.22. The lowest BCUT2D eigenvalue weighted by Gasteiger charge is -2.26. The third-order valence-corrected chi connectivity index (χ3v) is 4.53. The Morgan fingerprint density at radius 2 is 2.00 bits per heavy atom. The molecule has 0 spiro atoms. The number of halogens is 3. The molecule has 8 heteroatoms. The first kappa shape index (κ1) is 13.6. The minimum Gasteiger partial charge on any atom is -0.309 e. The third-order valence-electron chi connectivity index (χ3n) is 4.53. The predicted molar refractivity (Wildman–Crippen MR) is 70.1 cm³/mol. The Kier molecular flexibility index (Phi) is 2.60. The van der Waals surface area contributed by atoms with Crippen molar-refractivity contribution in [2.24, 2.45) is 0 Å². The van der Waals surface area contributed by atoms with E-state index in [1.807, 2.05) is 0 Å². The lowest BCUT2D eigenvalue weighted by molar-refractivity contribution is -0.137. The lowest BCUT2D eigenvalue weighted by atomic mass is 10.1. The van der Waals surface area contributed by atoms with Crippen molar-refractivity contribution in [2.75, 3.05) is 11.4 Å². The molecule has 3 aliphatic heterocycles. The van der Waals surface area contributed by atoms with E-state index in [1.165, 1.54) is 17.0 Å². The average Bonchev–Trinajstić information content (AvgIpc) is 3.12. The molecule has 22 heavy (non-hydrogen) atoms. The van der Waals surface area contributed by atoms with Crippen molar-refractivity contribution >= 4 is 17.6 Å². The van der Waals surface area contributed by atoms with Crippen LogP contribution < -0.4 is 10.2 Å². The largest absolute Gasteiger partial charge is 0.416 e. The molecule has 3 saturated heterocycles. The van der Waals surface area contributed by atoms with Crippen molar-refractivity contribution in [1.29, 1.82) is 0 Å². The molecule has 116 valence electrons. The van der Waals surface area contributed by atoms with Crippen molar-refractivity contribution in [1.82, 2.24) is 10.2 Å². The monoisotopic (exact) mass is 311 g/mol. The summed E-state index contributed by atoms with van der Waals surface area (Å²) < 4.78 is 38.4. The maximum Gasteiger partial charge on any atom is 0.416 e. The lowest BCUT2D eigenvalue weighted by Crippen LogP contribution is -2.51. The summed E-state index contributed by atoms with van der Waals surface area (Å²) in [7, 11) is 0. The predicted octanol–water partition coefficient (Wildman–Crippen LogP) is 1.59. The number of hydrogen-bond acceptors (Lipinski definition) is 3. The number of nitrogens with zero attached hydrogens (tertiary/aromatic N) is 2. The number of hydrogen-bond donors (Lipinski definition) is 1. The fourth-order valence-electron chi connectivity index (χ4n) is 3.59. The number of urea groups is 1. The summed E-state index contributed by atoms with van der Waals surface area (Å²) in [4.78, 5) is 27.3. The molecular weight excluding hydrogens is 299 g/mol. The first-order chi connectivity index (χ1) is 10.4. The van der Waals surface area contributed by atoms with E-state index in [1.54, 1.807) is 0 Å². The molecule has 3 heterocycles. The summed E-state index contributed by atoms with van der Waals surface area (Å²) in [6, 6.07) is 3.04. The molecule has 3 fully saturated rings. The number of imide groups is 1. The van der Waals surface area contributed by atoms with E-state index in [0.717, 1.165) is 23.5 Å². The smallest absolute Gasteiger partial charge is 0.309 e. The molecule has 1 aromatic carbocycles. The Morgan fingerprint density at radius 3 is 2.68 bits per heavy atom. The van der Waals surface area contributed by atoms with Gasteiger partial charge in [0.05, 0.1) is 11.3 Å². The van der Waals surface area contributed by atoms with Crippen LogP contribution in [-0.4, -0.2) is 41.5 Å². The number of rotatable bonds is 1. The van der Waals surface area contributed by atoms with Crippen molar-refractivity contribution in [2.45, 2.75) is 30.7 Å². The van der Waals surface area contributed by atoms with E-state index >= 15 is 0 Å². The van der Waals surface area contributed by atoms with Crippen LogP contribution in [0.1, 0.15) is 12.0 Å². The number of alkyl halides is 3. The summed E-state index contributed by atoms with van der Waals surface area (Å²) in [5.41, 5.74) is -0.905. The van der Waals surface area contributed by atoms with E-state index in [2.05, 4.69) is 5.32 Å². The summed E-state index contributed by atoms with van der Waals surface area (Å²) in [6.07, 6.45) is -3.79. The van der Waals surface area contributed by atoms with Crippen molar-refractivity contribution in [3.63, 3.8) is 0 Å². The highest BCUT2D eigenvalue weighted by Crippen LogP contribution is 2.39. The van der Waals surface area contributed by atoms with Gasteiger partial charge in [-0.1, -0.05) is 6.07 Å². The normalized spacial score (nSPS) is 30.4. The van der Waals surface area contributed by atoms with Crippen LogP contribution in [0.4, 0.5) is 23.7 Å². The third kappa shape index (κ3) is 1.70. The van der Waals surface area contributed by atoms with Gasteiger partial charge >= 0.3 is 12.2 Å². The Hall–Kier alpha value is -2.09. The molecule has 1 N–H and O–H groups in total. The molecule has 1 aromatic rings. The van der Waals surface area contributed by atoms with Crippen molar-refractivity contribution in [3.05, 3.63) is 29.8 Å². The SMILES string of the molecule is O=C1[C@@H]2[C@@H]3C[C@@H](CN3)N2C(=O)N1c1cccc(C(F)(F)F)c1. The summed E-state index contributed by atoms with van der Waals surface area (Å²) in [5.74, 6) is -0.455. The molecule has 5 nitrogen and oxygen atoms in total. The average molecular weight is 311 g/mol. The number of piperazine rings is 1. The highest BCUT2D eigenvalue weighted by Gasteiger charge is 2.59. The van der Waals surface area contributed by atoms with E-state index in [4.69, 9.17) is 0 Å². The second-order valence-electron chi connectivity index (χ2n) is 5.76. The Balaban J connectivity index is 1.72. The molecule has 0 aliphatic carbocycles. The van der Waals surface area contributed by atoms with Gasteiger partial charge in [-0.3, -0.25) is 4.79 Å². The van der Waals surface area contributed by atoms with Gasteiger partial charge in [0.1, 0.15) is 6.04 Å². The van der Waals surface area contributed by atoms with Crippen LogP contribution in [-0.2, 0) is 11.0 Å². The van der Waals surface area contributed by atoms with Gasteiger partial charge in [-0.15, -0.1) is 0 Å². The number of anilines is 1. The van der Waals surface area contributed by atoms with Crippen molar-refractivity contribution in [3.8, 4) is 0 Å². The number of fused-ring (bicyclic) bond motifs is 5. The van der Waals surface area contributed by atoms with Crippen LogP contribution in [0.2, 0.25) is 0 Å². The zero-order valence-electron chi connectivity index (χ0n) is 11.3.